The zero-order chi connectivity index (χ0) is 24.5. The summed E-state index contributed by atoms with van der Waals surface area (Å²) in [4.78, 5) is 18.6. The predicted molar refractivity (Wildman–Crippen MR) is 149 cm³/mol. The minimum atomic E-state index is -0.127. The van der Waals surface area contributed by atoms with Gasteiger partial charge in [0.2, 0.25) is 0 Å². The molecule has 5 heteroatoms. The molecule has 0 spiro atoms. The third-order valence-corrected chi connectivity index (χ3v) is 7.18. The van der Waals surface area contributed by atoms with Crippen LogP contribution in [-0.4, -0.2) is 14.0 Å². The zero-order valence-electron chi connectivity index (χ0n) is 19.6. The fraction of sp³-hybridized carbons (Fsp3) is 0. The molecule has 5 nitrogen and oxygen atoms in total. The average Bonchev–Trinajstić information content (AvgIpc) is 3.49. The van der Waals surface area contributed by atoms with E-state index in [9.17, 15) is 4.79 Å². The Labute approximate surface area is 210 Å². The van der Waals surface area contributed by atoms with Crippen molar-refractivity contribution in [2.75, 3.05) is 0 Å². The number of benzene rings is 5. The summed E-state index contributed by atoms with van der Waals surface area (Å²) in [5.74, 6) is 0.304. The Bertz CT molecular complexity index is 2200. The molecule has 0 amide bonds. The summed E-state index contributed by atoms with van der Waals surface area (Å²) in [6.45, 7) is 0. The summed E-state index contributed by atoms with van der Waals surface area (Å²) in [5.41, 5.74) is 7.23. The van der Waals surface area contributed by atoms with E-state index in [1.165, 1.54) is 5.56 Å². The van der Waals surface area contributed by atoms with E-state index in [4.69, 9.17) is 4.42 Å². The third-order valence-electron chi connectivity index (χ3n) is 7.18. The third kappa shape index (κ3) is 2.79. The van der Waals surface area contributed by atoms with Crippen molar-refractivity contribution in [1.82, 2.24) is 14.0 Å². The maximum Gasteiger partial charge on any atom is 0.310 e. The summed E-state index contributed by atoms with van der Waals surface area (Å²) < 4.78 is 9.99. The number of imidazole rings is 1. The van der Waals surface area contributed by atoms with Crippen LogP contribution >= 0.6 is 0 Å². The van der Waals surface area contributed by atoms with E-state index in [1.54, 1.807) is 4.40 Å². The monoisotopic (exact) mass is 477 g/mol. The van der Waals surface area contributed by atoms with Crippen LogP contribution in [0.4, 0.5) is 0 Å². The van der Waals surface area contributed by atoms with Gasteiger partial charge in [0.25, 0.3) is 5.56 Å². The normalized spacial score (nSPS) is 11.9. The number of hydrogen-bond acceptors (Lipinski definition) is 3. The highest BCUT2D eigenvalue weighted by Crippen LogP contribution is 2.36. The highest BCUT2D eigenvalue weighted by molar-refractivity contribution is 6.20. The maximum atomic E-state index is 14.0. The molecule has 8 rings (SSSR count). The van der Waals surface area contributed by atoms with Crippen molar-refractivity contribution in [1.29, 1.82) is 0 Å². The van der Waals surface area contributed by atoms with Gasteiger partial charge in [-0.1, -0.05) is 72.8 Å². The Hall–Kier alpha value is -5.16. The minimum absolute atomic E-state index is 0.127. The first kappa shape index (κ1) is 20.1. The molecule has 37 heavy (non-hydrogen) atoms. The highest BCUT2D eigenvalue weighted by Gasteiger charge is 2.20. The molecule has 8 aromatic rings. The van der Waals surface area contributed by atoms with E-state index >= 15 is 0 Å². The van der Waals surface area contributed by atoms with Gasteiger partial charge in [-0.25, -0.2) is 4.40 Å². The van der Waals surface area contributed by atoms with Gasteiger partial charge in [-0.3, -0.25) is 4.79 Å². The first-order valence-electron chi connectivity index (χ1n) is 12.2. The summed E-state index contributed by atoms with van der Waals surface area (Å²) in [6, 6.07) is 38.6. The molecular formula is C32H19N3O2. The van der Waals surface area contributed by atoms with Gasteiger partial charge >= 0.3 is 5.84 Å². The van der Waals surface area contributed by atoms with Crippen LogP contribution in [0.2, 0.25) is 0 Å². The predicted octanol–water partition coefficient (Wildman–Crippen LogP) is 7.36. The molecule has 174 valence electrons. The van der Waals surface area contributed by atoms with E-state index in [-0.39, 0.29) is 5.56 Å². The lowest BCUT2D eigenvalue weighted by atomic mass is 10.1. The molecule has 0 N–H and O–H groups in total. The zero-order valence-corrected chi connectivity index (χ0v) is 19.6. The lowest BCUT2D eigenvalue weighted by molar-refractivity contribution is 0.617. The summed E-state index contributed by atoms with van der Waals surface area (Å²) in [7, 11) is 0. The SMILES string of the molecule is O=c1c2c(ccc3c2c2ccccc2n3-c2ccc(-c3ccccc3)cc2)oc2nc3ccccc3n12. The topological polar surface area (TPSA) is 52.4 Å². The largest absolute Gasteiger partial charge is 0.424 e. The summed E-state index contributed by atoms with van der Waals surface area (Å²) >= 11 is 0. The molecule has 0 bridgehead atoms. The molecule has 3 aromatic heterocycles. The summed E-state index contributed by atoms with van der Waals surface area (Å²) in [5, 5.41) is 2.45. The lowest BCUT2D eigenvalue weighted by Crippen LogP contribution is -2.12. The summed E-state index contributed by atoms with van der Waals surface area (Å²) in [6.07, 6.45) is 0. The van der Waals surface area contributed by atoms with E-state index in [1.807, 2.05) is 66.7 Å². The first-order chi connectivity index (χ1) is 18.3. The van der Waals surface area contributed by atoms with Crippen LogP contribution in [0.15, 0.2) is 124 Å². The standard InChI is InChI=1S/C32H19N3O2/c36-31-30-28(37-32-33-24-11-5-7-13-26(24)35(31)32)19-18-27-29(30)23-10-4-6-12-25(23)34(27)22-16-14-21(15-17-22)20-8-2-1-3-9-20/h1-19H. The van der Waals surface area contributed by atoms with Gasteiger partial charge < -0.3 is 8.98 Å². The van der Waals surface area contributed by atoms with Gasteiger partial charge in [0.1, 0.15) is 5.58 Å². The highest BCUT2D eigenvalue weighted by atomic mass is 16.4. The molecule has 0 aliphatic rings. The van der Waals surface area contributed by atoms with Gasteiger partial charge in [0, 0.05) is 16.5 Å². The van der Waals surface area contributed by atoms with Crippen LogP contribution in [0.5, 0.6) is 0 Å². The molecule has 0 unspecified atom stereocenters. The van der Waals surface area contributed by atoms with Crippen molar-refractivity contribution >= 4 is 49.7 Å². The number of hydrogen-bond donors (Lipinski definition) is 0. The van der Waals surface area contributed by atoms with Gasteiger partial charge in [-0.05, 0) is 53.6 Å². The number of nitrogens with zero attached hydrogens (tertiary/aromatic N) is 3. The van der Waals surface area contributed by atoms with E-state index in [0.717, 1.165) is 44.1 Å². The number of aromatic nitrogens is 3. The first-order valence-corrected chi connectivity index (χ1v) is 12.2. The molecule has 0 saturated carbocycles. The Balaban J connectivity index is 1.47. The van der Waals surface area contributed by atoms with Crippen LogP contribution in [0, 0.1) is 0 Å². The van der Waals surface area contributed by atoms with Crippen LogP contribution in [0.1, 0.15) is 0 Å². The van der Waals surface area contributed by atoms with Gasteiger partial charge in [-0.15, -0.1) is 0 Å². The van der Waals surface area contributed by atoms with E-state index in [0.29, 0.717) is 16.8 Å². The molecule has 0 aliphatic carbocycles. The number of fused-ring (bicyclic) bond motifs is 8. The number of rotatable bonds is 2. The molecular weight excluding hydrogens is 458 g/mol. The van der Waals surface area contributed by atoms with Crippen molar-refractivity contribution in [3.63, 3.8) is 0 Å². The van der Waals surface area contributed by atoms with Crippen molar-refractivity contribution in [3.8, 4) is 16.8 Å². The second kappa shape index (κ2) is 7.42. The van der Waals surface area contributed by atoms with Crippen LogP contribution in [-0.2, 0) is 0 Å². The molecule has 0 atom stereocenters. The van der Waals surface area contributed by atoms with Crippen molar-refractivity contribution in [2.45, 2.75) is 0 Å². The molecule has 5 aromatic carbocycles. The Morgan fingerprint density at radius 2 is 1.30 bits per heavy atom. The fourth-order valence-electron chi connectivity index (χ4n) is 5.53. The van der Waals surface area contributed by atoms with Crippen molar-refractivity contribution in [2.24, 2.45) is 0 Å². The quantitative estimate of drug-likeness (QED) is 0.261. The Kier molecular flexibility index (Phi) is 4.03. The Morgan fingerprint density at radius 1 is 0.595 bits per heavy atom. The smallest absolute Gasteiger partial charge is 0.310 e. The molecule has 0 aliphatic heterocycles. The van der Waals surface area contributed by atoms with Crippen LogP contribution in [0.3, 0.4) is 0 Å². The van der Waals surface area contributed by atoms with Gasteiger partial charge in [0.05, 0.1) is 27.5 Å². The lowest BCUT2D eigenvalue weighted by Gasteiger charge is -2.09. The maximum absolute atomic E-state index is 14.0. The van der Waals surface area contributed by atoms with E-state index in [2.05, 4.69) is 58.1 Å². The van der Waals surface area contributed by atoms with Crippen molar-refractivity contribution in [3.05, 3.63) is 126 Å². The average molecular weight is 478 g/mol. The fourth-order valence-corrected chi connectivity index (χ4v) is 5.53. The molecule has 3 heterocycles. The van der Waals surface area contributed by atoms with Gasteiger partial charge in [-0.2, -0.15) is 4.98 Å². The van der Waals surface area contributed by atoms with Gasteiger partial charge in [0.15, 0.2) is 0 Å². The second-order valence-electron chi connectivity index (χ2n) is 9.22. The molecule has 0 fully saturated rings. The molecule has 0 saturated heterocycles. The number of para-hydroxylation sites is 3. The van der Waals surface area contributed by atoms with Crippen molar-refractivity contribution < 1.29 is 4.42 Å². The van der Waals surface area contributed by atoms with Crippen LogP contribution < -0.4 is 5.56 Å². The molecule has 0 radical (unpaired) electrons. The van der Waals surface area contributed by atoms with Crippen LogP contribution in [0.25, 0.3) is 66.5 Å². The Morgan fingerprint density at radius 3 is 2.14 bits per heavy atom. The second-order valence-corrected chi connectivity index (χ2v) is 9.22. The van der Waals surface area contributed by atoms with E-state index < -0.39 is 0 Å². The minimum Gasteiger partial charge on any atom is -0.424 e.